The van der Waals surface area contributed by atoms with E-state index in [0.29, 0.717) is 0 Å². The van der Waals surface area contributed by atoms with Gasteiger partial charge >= 0.3 is 202 Å². The molecule has 0 aliphatic rings. The first kappa shape index (κ1) is 37.9. The van der Waals surface area contributed by atoms with Gasteiger partial charge in [-0.25, -0.2) is 0 Å². The van der Waals surface area contributed by atoms with Gasteiger partial charge in [-0.3, -0.25) is 0 Å². The van der Waals surface area contributed by atoms with Crippen molar-refractivity contribution in [1.29, 1.82) is 0 Å². The molecule has 0 aromatic heterocycles. The summed E-state index contributed by atoms with van der Waals surface area (Å²) >= 11 is -17.2. The second kappa shape index (κ2) is 17.3. The maximum atomic E-state index is 8.59. The molecule has 0 saturated carbocycles. The van der Waals surface area contributed by atoms with Gasteiger partial charge in [0.1, 0.15) is 0 Å². The quantitative estimate of drug-likeness (QED) is 0.301. The Labute approximate surface area is 197 Å². The first-order valence-electron chi connectivity index (χ1n) is 2.00. The van der Waals surface area contributed by atoms with Gasteiger partial charge in [0.25, 0.3) is 0 Å². The molecule has 0 bridgehead atoms. The first-order chi connectivity index (χ1) is 6.00. The first-order valence-corrected chi connectivity index (χ1v) is 8.25. The summed E-state index contributed by atoms with van der Waals surface area (Å²) in [5.74, 6) is 0. The SMILES string of the molecule is [Ca+2].[Ca+2].[Ca+2].[O]=[Cr](=[O])([O-])[O-].[O]=[Cr](=[O])([O-])[O-].[O]=[Cr](=[O])([O-])[O-]. The van der Waals surface area contributed by atoms with Crippen LogP contribution in [0.15, 0.2) is 0 Å². The predicted octanol–water partition coefficient (Wildman–Crippen LogP) is -9.00. The van der Waals surface area contributed by atoms with Crippen LogP contribution in [0.3, 0.4) is 0 Å². The molecule has 0 unspecified atom stereocenters. The average Bonchev–Trinajstić information content (AvgIpc) is 1.41. The van der Waals surface area contributed by atoms with Gasteiger partial charge in [0, 0.05) is 0 Å². The summed E-state index contributed by atoms with van der Waals surface area (Å²) in [5.41, 5.74) is 0. The van der Waals surface area contributed by atoms with Gasteiger partial charge in [0.2, 0.25) is 0 Å². The van der Waals surface area contributed by atoms with Crippen molar-refractivity contribution >= 4 is 113 Å². The Balaban J connectivity index is -0.0000000277. The van der Waals surface area contributed by atoms with E-state index in [1.165, 1.54) is 0 Å². The Morgan fingerprint density at radius 1 is 0.389 bits per heavy atom. The monoisotopic (exact) mass is 468 g/mol. The Morgan fingerprint density at radius 2 is 0.389 bits per heavy atom. The van der Waals surface area contributed by atoms with E-state index in [-0.39, 0.29) is 113 Å². The van der Waals surface area contributed by atoms with Crippen LogP contribution >= 0.6 is 0 Å². The topological polar surface area (TPSA) is 241 Å². The molecular formula is Ca3Cr3O12. The summed E-state index contributed by atoms with van der Waals surface area (Å²) in [7, 11) is 0. The summed E-state index contributed by atoms with van der Waals surface area (Å²) in [6, 6.07) is 0. The molecule has 18 heavy (non-hydrogen) atoms. The zero-order chi connectivity index (χ0) is 13.5. The summed E-state index contributed by atoms with van der Waals surface area (Å²) in [5, 5.41) is 0. The van der Waals surface area contributed by atoms with Crippen LogP contribution in [0.1, 0.15) is 0 Å². The van der Waals surface area contributed by atoms with E-state index in [2.05, 4.69) is 0 Å². The van der Waals surface area contributed by atoms with Crippen LogP contribution in [-0.4, -0.2) is 113 Å². The van der Waals surface area contributed by atoms with E-state index in [1.54, 1.807) is 0 Å². The van der Waals surface area contributed by atoms with Crippen LogP contribution in [0.25, 0.3) is 0 Å². The molecule has 0 aliphatic carbocycles. The van der Waals surface area contributed by atoms with Gasteiger partial charge in [-0.15, -0.1) is 0 Å². The molecule has 12 nitrogen and oxygen atoms in total. The molecule has 0 radical (unpaired) electrons. The fourth-order valence-corrected chi connectivity index (χ4v) is 0. The summed E-state index contributed by atoms with van der Waals surface area (Å²) in [6.45, 7) is 0. The molecule has 0 heterocycles. The van der Waals surface area contributed by atoms with Crippen molar-refractivity contribution in [3.05, 3.63) is 0 Å². The number of hydrogen-bond donors (Lipinski definition) is 0. The van der Waals surface area contributed by atoms with Gasteiger partial charge < -0.3 is 0 Å². The zero-order valence-electron chi connectivity index (χ0n) is 8.25. The third kappa shape index (κ3) is 461. The third-order valence-corrected chi connectivity index (χ3v) is 0. The molecule has 0 aliphatic heterocycles. The zero-order valence-corrected chi connectivity index (χ0v) is 18.7. The van der Waals surface area contributed by atoms with E-state index in [0.717, 1.165) is 0 Å². The molecule has 0 fully saturated rings. The van der Waals surface area contributed by atoms with Gasteiger partial charge in [0.15, 0.2) is 0 Å². The predicted molar refractivity (Wildman–Crippen MR) is 21.4 cm³/mol. The summed E-state index contributed by atoms with van der Waals surface area (Å²) in [4.78, 5) is 0. The molecule has 0 rings (SSSR count). The molecule has 18 heteroatoms. The van der Waals surface area contributed by atoms with E-state index in [9.17, 15) is 0 Å². The second-order valence-electron chi connectivity index (χ2n) is 1.22. The van der Waals surface area contributed by atoms with E-state index in [1.807, 2.05) is 0 Å². The van der Waals surface area contributed by atoms with Crippen LogP contribution in [-0.2, 0) is 63.7 Å². The van der Waals surface area contributed by atoms with Crippen LogP contribution < -0.4 is 24.9 Å². The second-order valence-corrected chi connectivity index (χ2v) is 5.05. The molecule has 0 saturated heterocycles. The van der Waals surface area contributed by atoms with Crippen LogP contribution in [0.2, 0.25) is 0 Å². The van der Waals surface area contributed by atoms with Crippen molar-refractivity contribution in [2.24, 2.45) is 0 Å². The summed E-state index contributed by atoms with van der Waals surface area (Å²) in [6.07, 6.45) is 0. The van der Waals surface area contributed by atoms with Gasteiger partial charge in [-0.2, -0.15) is 0 Å². The molecule has 0 amide bonds. The minimum absolute atomic E-state index is 0. The van der Waals surface area contributed by atoms with Crippen LogP contribution in [0.5, 0.6) is 0 Å². The van der Waals surface area contributed by atoms with Crippen molar-refractivity contribution in [3.8, 4) is 0 Å². The molecule has 0 N–H and O–H groups in total. The Morgan fingerprint density at radius 3 is 0.389 bits per heavy atom. The molecule has 0 aromatic rings. The Kier molecular flexibility index (Phi) is 36.4. The molecule has 96 valence electrons. The van der Waals surface area contributed by atoms with Gasteiger partial charge in [0.05, 0.1) is 0 Å². The van der Waals surface area contributed by atoms with Crippen LogP contribution in [0.4, 0.5) is 0 Å². The fourth-order valence-electron chi connectivity index (χ4n) is 0. The maximum absolute atomic E-state index is 8.59. The van der Waals surface area contributed by atoms with Crippen molar-refractivity contribution < 1.29 is 88.6 Å². The number of rotatable bonds is 0. The van der Waals surface area contributed by atoms with Crippen molar-refractivity contribution in [2.45, 2.75) is 0 Å². The van der Waals surface area contributed by atoms with Gasteiger partial charge in [-0.1, -0.05) is 0 Å². The van der Waals surface area contributed by atoms with Gasteiger partial charge in [-0.05, 0) is 0 Å². The van der Waals surface area contributed by atoms with Crippen molar-refractivity contribution in [2.75, 3.05) is 0 Å². The number of hydrogen-bond acceptors (Lipinski definition) is 12. The molecule has 0 spiro atoms. The van der Waals surface area contributed by atoms with Crippen molar-refractivity contribution in [3.63, 3.8) is 0 Å². The third-order valence-electron chi connectivity index (χ3n) is 0. The normalized spacial score (nSPS) is 9.67. The van der Waals surface area contributed by atoms with Crippen LogP contribution in [0, 0.1) is 0 Å². The summed E-state index contributed by atoms with van der Waals surface area (Å²) < 4.78 is 103. The molecule has 0 aromatic carbocycles. The van der Waals surface area contributed by atoms with E-state index in [4.69, 9.17) is 47.8 Å². The molecule has 0 atom stereocenters. The minimum atomic E-state index is -5.75. The average molecular weight is 468 g/mol. The standard InChI is InChI=1S/3Ca.3Cr.12O/q3*+2;;;;;;;;;;6*-1. The fraction of sp³-hybridized carbons (Fsp3) is 0. The van der Waals surface area contributed by atoms with Crippen molar-refractivity contribution in [1.82, 2.24) is 0 Å². The Hall–Kier alpha value is 3.94. The van der Waals surface area contributed by atoms with E-state index >= 15 is 0 Å². The Bertz CT molecular complexity index is 343. The van der Waals surface area contributed by atoms with E-state index < -0.39 is 40.8 Å². The molecular weight excluding hydrogens is 468 g/mol.